The molecule has 1 unspecified atom stereocenters. The van der Waals surface area contributed by atoms with Gasteiger partial charge in [0.2, 0.25) is 0 Å². The zero-order valence-electron chi connectivity index (χ0n) is 6.83. The Labute approximate surface area is 66.2 Å². The minimum atomic E-state index is 0.411. The summed E-state index contributed by atoms with van der Waals surface area (Å²) < 4.78 is 4.97. The molecule has 1 aromatic heterocycles. The zero-order valence-corrected chi connectivity index (χ0v) is 6.83. The maximum Gasteiger partial charge on any atom is 0.185 e. The van der Waals surface area contributed by atoms with Crippen LogP contribution in [0.4, 0.5) is 0 Å². The number of furan rings is 1. The maximum atomic E-state index is 10.4. The van der Waals surface area contributed by atoms with Crippen LogP contribution < -0.4 is 0 Å². The van der Waals surface area contributed by atoms with Gasteiger partial charge in [-0.1, -0.05) is 13.8 Å². The van der Waals surface area contributed by atoms with E-state index >= 15 is 0 Å². The average molecular weight is 152 g/mol. The Morgan fingerprint density at radius 1 is 1.73 bits per heavy atom. The first-order chi connectivity index (χ1) is 5.29. The van der Waals surface area contributed by atoms with Crippen molar-refractivity contribution in [1.29, 1.82) is 0 Å². The largest absolute Gasteiger partial charge is 0.461 e. The SMILES string of the molecule is CCC(C)c1ccoc1C=O. The Bertz CT molecular complexity index is 237. The molecule has 0 aliphatic rings. The van der Waals surface area contributed by atoms with Crippen molar-refractivity contribution >= 4 is 6.29 Å². The van der Waals surface area contributed by atoms with Gasteiger partial charge < -0.3 is 4.42 Å². The van der Waals surface area contributed by atoms with Crippen molar-refractivity contribution < 1.29 is 9.21 Å². The summed E-state index contributed by atoms with van der Waals surface area (Å²) in [6.07, 6.45) is 3.35. The van der Waals surface area contributed by atoms with Crippen molar-refractivity contribution in [3.05, 3.63) is 23.7 Å². The topological polar surface area (TPSA) is 30.2 Å². The summed E-state index contributed by atoms with van der Waals surface area (Å²) in [5.74, 6) is 0.883. The maximum absolute atomic E-state index is 10.4. The molecule has 1 rings (SSSR count). The highest BCUT2D eigenvalue weighted by Gasteiger charge is 2.10. The van der Waals surface area contributed by atoms with Gasteiger partial charge in [-0.3, -0.25) is 4.79 Å². The molecule has 0 spiro atoms. The summed E-state index contributed by atoms with van der Waals surface area (Å²) in [5, 5.41) is 0. The first kappa shape index (κ1) is 8.05. The second kappa shape index (κ2) is 3.37. The van der Waals surface area contributed by atoms with Gasteiger partial charge in [0.1, 0.15) is 0 Å². The molecule has 1 heterocycles. The molecule has 0 N–H and O–H groups in total. The van der Waals surface area contributed by atoms with Gasteiger partial charge in [-0.05, 0) is 18.4 Å². The van der Waals surface area contributed by atoms with E-state index in [2.05, 4.69) is 13.8 Å². The molecule has 0 bridgehead atoms. The Morgan fingerprint density at radius 2 is 2.45 bits per heavy atom. The Kier molecular flexibility index (Phi) is 2.47. The normalized spacial score (nSPS) is 12.9. The quantitative estimate of drug-likeness (QED) is 0.623. The summed E-state index contributed by atoms with van der Waals surface area (Å²) in [7, 11) is 0. The second-order valence-corrected chi connectivity index (χ2v) is 2.67. The predicted octanol–water partition coefficient (Wildman–Crippen LogP) is 2.61. The molecular weight excluding hydrogens is 140 g/mol. The van der Waals surface area contributed by atoms with E-state index in [4.69, 9.17) is 4.42 Å². The lowest BCUT2D eigenvalue weighted by Gasteiger charge is -2.04. The fourth-order valence-electron chi connectivity index (χ4n) is 1.05. The summed E-state index contributed by atoms with van der Waals surface area (Å²) in [4.78, 5) is 10.4. The van der Waals surface area contributed by atoms with Gasteiger partial charge in [0, 0.05) is 5.56 Å². The highest BCUT2D eigenvalue weighted by Crippen LogP contribution is 2.22. The molecule has 0 saturated heterocycles. The van der Waals surface area contributed by atoms with Gasteiger partial charge in [-0.25, -0.2) is 0 Å². The summed E-state index contributed by atoms with van der Waals surface area (Å²) >= 11 is 0. The van der Waals surface area contributed by atoms with Crippen LogP contribution in [0.2, 0.25) is 0 Å². The van der Waals surface area contributed by atoms with E-state index in [0.29, 0.717) is 11.7 Å². The summed E-state index contributed by atoms with van der Waals surface area (Å²) in [6.45, 7) is 4.17. The molecule has 0 aromatic carbocycles. The van der Waals surface area contributed by atoms with Gasteiger partial charge in [-0.2, -0.15) is 0 Å². The van der Waals surface area contributed by atoms with E-state index in [-0.39, 0.29) is 0 Å². The van der Waals surface area contributed by atoms with Crippen LogP contribution in [-0.2, 0) is 0 Å². The van der Waals surface area contributed by atoms with E-state index in [1.807, 2.05) is 6.07 Å². The van der Waals surface area contributed by atoms with Crippen LogP contribution in [0.3, 0.4) is 0 Å². The fourth-order valence-corrected chi connectivity index (χ4v) is 1.05. The number of aldehydes is 1. The van der Waals surface area contributed by atoms with Crippen LogP contribution in [0.1, 0.15) is 42.3 Å². The van der Waals surface area contributed by atoms with E-state index in [9.17, 15) is 4.79 Å². The van der Waals surface area contributed by atoms with Crippen LogP contribution in [0.25, 0.3) is 0 Å². The van der Waals surface area contributed by atoms with Gasteiger partial charge in [0.05, 0.1) is 6.26 Å². The molecule has 0 radical (unpaired) electrons. The molecule has 1 aromatic rings. The van der Waals surface area contributed by atoms with Gasteiger partial charge in [0.15, 0.2) is 12.0 Å². The Balaban J connectivity index is 2.92. The lowest BCUT2D eigenvalue weighted by atomic mass is 10.00. The van der Waals surface area contributed by atoms with Crippen molar-refractivity contribution in [3.8, 4) is 0 Å². The molecule has 2 nitrogen and oxygen atoms in total. The monoisotopic (exact) mass is 152 g/mol. The number of carbonyl (C=O) groups is 1. The average Bonchev–Trinajstić information content (AvgIpc) is 2.50. The van der Waals surface area contributed by atoms with Crippen LogP contribution >= 0.6 is 0 Å². The van der Waals surface area contributed by atoms with E-state index in [0.717, 1.165) is 18.3 Å². The van der Waals surface area contributed by atoms with E-state index in [1.165, 1.54) is 0 Å². The third-order valence-corrected chi connectivity index (χ3v) is 1.98. The molecule has 0 fully saturated rings. The lowest BCUT2D eigenvalue weighted by molar-refractivity contribution is 0.109. The number of carbonyl (C=O) groups excluding carboxylic acids is 1. The standard InChI is InChI=1S/C9H12O2/c1-3-7(2)8-4-5-11-9(8)6-10/h4-7H,3H2,1-2H3. The second-order valence-electron chi connectivity index (χ2n) is 2.67. The minimum Gasteiger partial charge on any atom is -0.461 e. The predicted molar refractivity (Wildman–Crippen MR) is 42.8 cm³/mol. The zero-order chi connectivity index (χ0) is 8.27. The molecule has 60 valence electrons. The number of rotatable bonds is 3. The van der Waals surface area contributed by atoms with Gasteiger partial charge in [-0.15, -0.1) is 0 Å². The first-order valence-corrected chi connectivity index (χ1v) is 3.82. The van der Waals surface area contributed by atoms with E-state index < -0.39 is 0 Å². The van der Waals surface area contributed by atoms with Crippen molar-refractivity contribution in [3.63, 3.8) is 0 Å². The molecular formula is C9H12O2. The number of hydrogen-bond acceptors (Lipinski definition) is 2. The smallest absolute Gasteiger partial charge is 0.185 e. The van der Waals surface area contributed by atoms with Crippen LogP contribution in [0.15, 0.2) is 16.7 Å². The minimum absolute atomic E-state index is 0.411. The van der Waals surface area contributed by atoms with Crippen molar-refractivity contribution in [2.75, 3.05) is 0 Å². The van der Waals surface area contributed by atoms with Crippen molar-refractivity contribution in [1.82, 2.24) is 0 Å². The third kappa shape index (κ3) is 1.50. The van der Waals surface area contributed by atoms with Crippen molar-refractivity contribution in [2.45, 2.75) is 26.2 Å². The van der Waals surface area contributed by atoms with E-state index in [1.54, 1.807) is 6.26 Å². The Morgan fingerprint density at radius 3 is 3.00 bits per heavy atom. The first-order valence-electron chi connectivity index (χ1n) is 3.82. The molecule has 2 heteroatoms. The molecule has 0 amide bonds. The molecule has 0 aliphatic heterocycles. The lowest BCUT2D eigenvalue weighted by Crippen LogP contribution is -1.92. The Hall–Kier alpha value is -1.05. The molecule has 0 aliphatic carbocycles. The fraction of sp³-hybridized carbons (Fsp3) is 0.444. The highest BCUT2D eigenvalue weighted by atomic mass is 16.3. The van der Waals surface area contributed by atoms with Crippen LogP contribution in [-0.4, -0.2) is 6.29 Å². The third-order valence-electron chi connectivity index (χ3n) is 1.98. The van der Waals surface area contributed by atoms with Gasteiger partial charge in [0.25, 0.3) is 0 Å². The van der Waals surface area contributed by atoms with Crippen LogP contribution in [0, 0.1) is 0 Å². The van der Waals surface area contributed by atoms with Crippen LogP contribution in [0.5, 0.6) is 0 Å². The molecule has 11 heavy (non-hydrogen) atoms. The van der Waals surface area contributed by atoms with Crippen molar-refractivity contribution in [2.24, 2.45) is 0 Å². The highest BCUT2D eigenvalue weighted by molar-refractivity contribution is 5.73. The molecule has 1 atom stereocenters. The number of hydrogen-bond donors (Lipinski definition) is 0. The summed E-state index contributed by atoms with van der Waals surface area (Å²) in [6, 6.07) is 1.86. The summed E-state index contributed by atoms with van der Waals surface area (Å²) in [5.41, 5.74) is 1.02. The molecule has 0 saturated carbocycles. The van der Waals surface area contributed by atoms with Gasteiger partial charge >= 0.3 is 0 Å².